The molecule has 0 radical (unpaired) electrons. The van der Waals surface area contributed by atoms with Crippen molar-refractivity contribution in [3.8, 4) is 0 Å². The average molecular weight is 527 g/mol. The lowest BCUT2D eigenvalue weighted by atomic mass is 10.3. The van der Waals surface area contributed by atoms with Crippen LogP contribution in [0.25, 0.3) is 0 Å². The van der Waals surface area contributed by atoms with Crippen LogP contribution in [-0.4, -0.2) is 68.5 Å². The van der Waals surface area contributed by atoms with E-state index >= 15 is 0 Å². The summed E-state index contributed by atoms with van der Waals surface area (Å²) in [7, 11) is 7.36. The molecule has 3 aromatic rings. The molecule has 38 heavy (non-hydrogen) atoms. The van der Waals surface area contributed by atoms with Gasteiger partial charge in [0.25, 0.3) is 17.4 Å². The Balaban J connectivity index is 1.52. The Bertz CT molecular complexity index is 1410. The van der Waals surface area contributed by atoms with E-state index in [0.717, 1.165) is 13.0 Å². The van der Waals surface area contributed by atoms with Crippen LogP contribution in [0.5, 0.6) is 0 Å². The highest BCUT2D eigenvalue weighted by Gasteiger charge is 2.17. The van der Waals surface area contributed by atoms with Crippen molar-refractivity contribution in [2.75, 3.05) is 37.8 Å². The Morgan fingerprint density at radius 1 is 0.921 bits per heavy atom. The van der Waals surface area contributed by atoms with E-state index in [1.165, 1.54) is 16.8 Å². The summed E-state index contributed by atoms with van der Waals surface area (Å²) in [5, 5.41) is 8.41. The molecular formula is C25H34N8O5. The second-order valence-corrected chi connectivity index (χ2v) is 9.27. The zero-order chi connectivity index (χ0) is 27.8. The minimum Gasteiger partial charge on any atom is -0.351 e. The molecule has 3 heterocycles. The largest absolute Gasteiger partial charge is 0.351 e. The Hall–Kier alpha value is -4.39. The predicted molar refractivity (Wildman–Crippen MR) is 143 cm³/mol. The number of aryl methyl sites for hydroxylation is 3. The molecule has 0 bridgehead atoms. The molecule has 3 aromatic heterocycles. The number of anilines is 2. The molecule has 0 aliphatic carbocycles. The van der Waals surface area contributed by atoms with Crippen LogP contribution in [0.4, 0.5) is 11.4 Å². The smallest absolute Gasteiger partial charge is 0.328 e. The van der Waals surface area contributed by atoms with Crippen molar-refractivity contribution in [2.45, 2.75) is 25.8 Å². The molecule has 3 amide bonds. The van der Waals surface area contributed by atoms with Crippen LogP contribution >= 0.6 is 0 Å². The number of amides is 3. The van der Waals surface area contributed by atoms with Crippen molar-refractivity contribution in [3.63, 3.8) is 0 Å². The number of hydrogen-bond donors (Lipinski definition) is 4. The topological polar surface area (TPSA) is 155 Å². The Kier molecular flexibility index (Phi) is 9.44. The molecule has 4 N–H and O–H groups in total. The molecule has 0 atom stereocenters. The van der Waals surface area contributed by atoms with E-state index in [4.69, 9.17) is 0 Å². The van der Waals surface area contributed by atoms with E-state index in [2.05, 4.69) is 20.9 Å². The van der Waals surface area contributed by atoms with Gasteiger partial charge in [0.1, 0.15) is 11.4 Å². The molecule has 13 heteroatoms. The third-order valence-electron chi connectivity index (χ3n) is 5.78. The van der Waals surface area contributed by atoms with Gasteiger partial charge in [-0.1, -0.05) is 0 Å². The molecular weight excluding hydrogens is 492 g/mol. The van der Waals surface area contributed by atoms with Crippen molar-refractivity contribution in [3.05, 3.63) is 69.0 Å². The van der Waals surface area contributed by atoms with Gasteiger partial charge < -0.3 is 34.6 Å². The van der Waals surface area contributed by atoms with Crippen molar-refractivity contribution in [2.24, 2.45) is 14.1 Å². The van der Waals surface area contributed by atoms with Crippen molar-refractivity contribution in [1.29, 1.82) is 0 Å². The van der Waals surface area contributed by atoms with Crippen LogP contribution in [0.2, 0.25) is 0 Å². The maximum atomic E-state index is 12.9. The number of nitrogens with one attached hydrogen (secondary N) is 4. The van der Waals surface area contributed by atoms with Crippen molar-refractivity contribution in [1.82, 2.24) is 28.9 Å². The fourth-order valence-corrected chi connectivity index (χ4v) is 3.85. The van der Waals surface area contributed by atoms with Crippen LogP contribution in [0, 0.1) is 0 Å². The summed E-state index contributed by atoms with van der Waals surface area (Å²) in [6.07, 6.45) is 6.02. The molecule has 13 nitrogen and oxygen atoms in total. The number of H-pyrrole nitrogens is 1. The van der Waals surface area contributed by atoms with Gasteiger partial charge in [-0.05, 0) is 45.6 Å². The summed E-state index contributed by atoms with van der Waals surface area (Å²) in [6.45, 7) is 1.69. The molecule has 0 aromatic carbocycles. The number of nitrogens with zero attached hydrogens (tertiary/aromatic N) is 4. The van der Waals surface area contributed by atoms with Crippen LogP contribution < -0.4 is 27.2 Å². The first kappa shape index (κ1) is 28.2. The zero-order valence-corrected chi connectivity index (χ0v) is 22.0. The first-order valence-corrected chi connectivity index (χ1v) is 12.2. The minimum absolute atomic E-state index is 0.145. The van der Waals surface area contributed by atoms with Gasteiger partial charge in [0.15, 0.2) is 0 Å². The minimum atomic E-state index is -0.525. The van der Waals surface area contributed by atoms with Crippen LogP contribution in [0.15, 0.2) is 46.4 Å². The summed E-state index contributed by atoms with van der Waals surface area (Å²) in [5.41, 5.74) is 0.669. The predicted octanol–water partition coefficient (Wildman–Crippen LogP) is 0.566. The standard InChI is InChI=1S/C25H34N8O5/c1-30(2)10-6-9-26-23(36)19-14-18(16-31(19)3)28-24(37)20-13-17(15-32(20)4)27-21(34)7-5-11-33-12-8-22(35)29-25(33)38/h8,12-16H,5-7,9-11H2,1-4H3,(H,26,36)(H,27,34)(H,28,37)(H,29,35,38). The first-order chi connectivity index (χ1) is 18.0. The summed E-state index contributed by atoms with van der Waals surface area (Å²) >= 11 is 0. The van der Waals surface area contributed by atoms with Gasteiger partial charge in [-0.2, -0.15) is 0 Å². The number of carbonyl (C=O) groups excluding carboxylic acids is 3. The quantitative estimate of drug-likeness (QED) is 0.253. The van der Waals surface area contributed by atoms with E-state index in [1.54, 1.807) is 47.8 Å². The van der Waals surface area contributed by atoms with Gasteiger partial charge in [0.05, 0.1) is 11.4 Å². The Morgan fingerprint density at radius 2 is 1.55 bits per heavy atom. The highest BCUT2D eigenvalue weighted by molar-refractivity contribution is 6.05. The van der Waals surface area contributed by atoms with Gasteiger partial charge in [0.2, 0.25) is 5.91 Å². The second-order valence-electron chi connectivity index (χ2n) is 9.27. The van der Waals surface area contributed by atoms with Crippen LogP contribution in [0.3, 0.4) is 0 Å². The molecule has 3 rings (SSSR count). The summed E-state index contributed by atoms with van der Waals surface area (Å²) in [4.78, 5) is 64.8. The maximum Gasteiger partial charge on any atom is 0.328 e. The zero-order valence-electron chi connectivity index (χ0n) is 22.0. The van der Waals surface area contributed by atoms with E-state index < -0.39 is 17.2 Å². The fraction of sp³-hybridized carbons (Fsp3) is 0.400. The van der Waals surface area contributed by atoms with Gasteiger partial charge in [0, 0.05) is 58.3 Å². The Morgan fingerprint density at radius 3 is 2.18 bits per heavy atom. The van der Waals surface area contributed by atoms with E-state index in [-0.39, 0.29) is 24.8 Å². The molecule has 204 valence electrons. The third kappa shape index (κ3) is 7.80. The van der Waals surface area contributed by atoms with Gasteiger partial charge in [-0.3, -0.25) is 24.2 Å². The second kappa shape index (κ2) is 12.7. The van der Waals surface area contributed by atoms with Gasteiger partial charge >= 0.3 is 5.69 Å². The lowest BCUT2D eigenvalue weighted by molar-refractivity contribution is -0.116. The number of rotatable bonds is 12. The molecule has 0 unspecified atom stereocenters. The SMILES string of the molecule is CN(C)CCCNC(=O)c1cc(NC(=O)c2cc(NC(=O)CCCn3ccc(=O)[nH]c3=O)cn2C)cn1C. The number of aromatic amines is 1. The lowest BCUT2D eigenvalue weighted by Gasteiger charge is -2.10. The molecule has 0 spiro atoms. The van der Waals surface area contributed by atoms with Crippen LogP contribution in [0.1, 0.15) is 40.2 Å². The number of hydrogen-bond acceptors (Lipinski definition) is 6. The molecule has 0 saturated carbocycles. The van der Waals surface area contributed by atoms with E-state index in [1.807, 2.05) is 19.0 Å². The number of aromatic nitrogens is 4. The summed E-state index contributed by atoms with van der Waals surface area (Å²) in [5.74, 6) is -0.889. The van der Waals surface area contributed by atoms with Gasteiger partial charge in [-0.15, -0.1) is 0 Å². The summed E-state index contributed by atoms with van der Waals surface area (Å²) < 4.78 is 4.56. The molecule has 0 aliphatic rings. The fourth-order valence-electron chi connectivity index (χ4n) is 3.85. The van der Waals surface area contributed by atoms with Crippen molar-refractivity contribution < 1.29 is 14.4 Å². The number of carbonyl (C=O) groups is 3. The molecule has 0 fully saturated rings. The maximum absolute atomic E-state index is 12.9. The normalized spacial score (nSPS) is 11.0. The third-order valence-corrected chi connectivity index (χ3v) is 5.78. The highest BCUT2D eigenvalue weighted by atomic mass is 16.2. The first-order valence-electron chi connectivity index (χ1n) is 12.2. The highest BCUT2D eigenvalue weighted by Crippen LogP contribution is 2.18. The monoisotopic (exact) mass is 526 g/mol. The van der Waals surface area contributed by atoms with E-state index in [0.29, 0.717) is 35.7 Å². The average Bonchev–Trinajstić information content (AvgIpc) is 3.39. The van der Waals surface area contributed by atoms with E-state index in [9.17, 15) is 24.0 Å². The molecule has 0 aliphatic heterocycles. The summed E-state index contributed by atoms with van der Waals surface area (Å²) in [6, 6.07) is 4.41. The van der Waals surface area contributed by atoms with Gasteiger partial charge in [-0.25, -0.2) is 4.79 Å². The van der Waals surface area contributed by atoms with Crippen LogP contribution in [-0.2, 0) is 25.4 Å². The Labute approximate surface area is 219 Å². The molecule has 0 saturated heterocycles. The van der Waals surface area contributed by atoms with Crippen molar-refractivity contribution >= 4 is 29.1 Å². The lowest BCUT2D eigenvalue weighted by Crippen LogP contribution is -2.28.